The molecule has 4 heterocycles. The highest BCUT2D eigenvalue weighted by Gasteiger charge is 2.36. The molecule has 2 aliphatic heterocycles. The molecule has 2 aromatic heterocycles. The lowest BCUT2D eigenvalue weighted by Crippen LogP contribution is -2.52. The first kappa shape index (κ1) is 24.2. The number of carbonyl (C=O) groups excluding carboxylic acids is 2. The number of likely N-dealkylation sites (tertiary alicyclic amines) is 1. The zero-order chi connectivity index (χ0) is 24.7. The van der Waals surface area contributed by atoms with Gasteiger partial charge in [0.2, 0.25) is 0 Å². The maximum Gasteiger partial charge on any atom is 0.280 e. The molecule has 1 aliphatic carbocycles. The SMILES string of the molecule is Cc1cc(NC2CCCC2)ncc1-c1sc(C(=O)NC2CS(=O)(=O)C2)nc1C(=O)N1CCC[C@@H]1C. The van der Waals surface area contributed by atoms with Crippen LogP contribution < -0.4 is 10.6 Å². The summed E-state index contributed by atoms with van der Waals surface area (Å²) in [5.74, 6) is 0.0563. The Morgan fingerprint density at radius 3 is 2.49 bits per heavy atom. The minimum atomic E-state index is -3.06. The van der Waals surface area contributed by atoms with E-state index in [0.717, 1.165) is 54.0 Å². The van der Waals surface area contributed by atoms with Gasteiger partial charge in [-0.2, -0.15) is 0 Å². The van der Waals surface area contributed by atoms with E-state index in [2.05, 4.69) is 20.6 Å². The Bertz CT molecular complexity index is 1240. The number of aromatic nitrogens is 2. The van der Waals surface area contributed by atoms with Crippen LogP contribution >= 0.6 is 11.3 Å². The number of nitrogens with zero attached hydrogens (tertiary/aromatic N) is 3. The summed E-state index contributed by atoms with van der Waals surface area (Å²) < 4.78 is 22.9. The van der Waals surface area contributed by atoms with E-state index >= 15 is 0 Å². The molecule has 2 saturated heterocycles. The molecule has 0 aromatic carbocycles. The third-order valence-corrected chi connectivity index (χ3v) is 10.1. The largest absolute Gasteiger partial charge is 0.367 e. The normalized spacial score (nSPS) is 22.2. The Hall–Kier alpha value is -2.53. The van der Waals surface area contributed by atoms with Gasteiger partial charge in [-0.05, 0) is 51.2 Å². The lowest BCUT2D eigenvalue weighted by molar-refractivity contribution is 0.0743. The van der Waals surface area contributed by atoms with E-state index in [1.807, 2.05) is 24.8 Å². The second-order valence-corrected chi connectivity index (χ2v) is 13.1. The molecule has 11 heteroatoms. The van der Waals surface area contributed by atoms with Crippen molar-refractivity contribution < 1.29 is 18.0 Å². The lowest BCUT2D eigenvalue weighted by Gasteiger charge is -2.25. The Kier molecular flexibility index (Phi) is 6.56. The van der Waals surface area contributed by atoms with Crippen LogP contribution in [0.3, 0.4) is 0 Å². The van der Waals surface area contributed by atoms with Gasteiger partial charge in [-0.3, -0.25) is 9.59 Å². The van der Waals surface area contributed by atoms with Crippen LogP contribution in [0.2, 0.25) is 0 Å². The van der Waals surface area contributed by atoms with Gasteiger partial charge in [-0.1, -0.05) is 12.8 Å². The third kappa shape index (κ3) is 5.06. The Morgan fingerprint density at radius 2 is 1.86 bits per heavy atom. The van der Waals surface area contributed by atoms with E-state index in [1.54, 1.807) is 6.20 Å². The first-order valence-corrected chi connectivity index (χ1v) is 14.9. The molecule has 0 unspecified atom stereocenters. The minimum Gasteiger partial charge on any atom is -0.367 e. The average molecular weight is 518 g/mol. The van der Waals surface area contributed by atoms with E-state index in [9.17, 15) is 18.0 Å². The number of sulfone groups is 1. The molecule has 1 saturated carbocycles. The van der Waals surface area contributed by atoms with E-state index in [0.29, 0.717) is 17.5 Å². The van der Waals surface area contributed by atoms with Crippen LogP contribution in [0, 0.1) is 6.92 Å². The minimum absolute atomic E-state index is 0.0630. The molecular formula is C24H31N5O4S2. The molecule has 3 fully saturated rings. The molecule has 3 aliphatic rings. The van der Waals surface area contributed by atoms with Crippen LogP contribution in [0.5, 0.6) is 0 Å². The summed E-state index contributed by atoms with van der Waals surface area (Å²) in [6, 6.07) is 2.13. The van der Waals surface area contributed by atoms with Crippen molar-refractivity contribution >= 4 is 38.8 Å². The molecule has 9 nitrogen and oxygen atoms in total. The zero-order valence-electron chi connectivity index (χ0n) is 20.0. The number of rotatable bonds is 6. The summed E-state index contributed by atoms with van der Waals surface area (Å²) in [5.41, 5.74) is 1.99. The number of pyridine rings is 1. The van der Waals surface area contributed by atoms with Gasteiger partial charge in [0.25, 0.3) is 11.8 Å². The van der Waals surface area contributed by atoms with Gasteiger partial charge < -0.3 is 15.5 Å². The fourth-order valence-corrected chi connectivity index (χ4v) is 7.49. The van der Waals surface area contributed by atoms with Crippen LogP contribution in [-0.2, 0) is 9.84 Å². The molecule has 0 bridgehead atoms. The number of amides is 2. The van der Waals surface area contributed by atoms with Gasteiger partial charge in [0.15, 0.2) is 14.8 Å². The van der Waals surface area contributed by atoms with Crippen molar-refractivity contribution in [2.75, 3.05) is 23.4 Å². The number of hydrogen-bond donors (Lipinski definition) is 2. The second kappa shape index (κ2) is 9.50. The summed E-state index contributed by atoms with van der Waals surface area (Å²) in [4.78, 5) is 37.9. The first-order valence-electron chi connectivity index (χ1n) is 12.3. The third-order valence-electron chi connectivity index (χ3n) is 7.15. The smallest absolute Gasteiger partial charge is 0.280 e. The summed E-state index contributed by atoms with van der Waals surface area (Å²) in [7, 11) is -3.06. The van der Waals surface area contributed by atoms with Crippen molar-refractivity contribution in [1.82, 2.24) is 20.2 Å². The fourth-order valence-electron chi connectivity index (χ4n) is 5.16. The summed E-state index contributed by atoms with van der Waals surface area (Å²) >= 11 is 1.16. The zero-order valence-corrected chi connectivity index (χ0v) is 21.7. The van der Waals surface area contributed by atoms with Gasteiger partial charge >= 0.3 is 0 Å². The summed E-state index contributed by atoms with van der Waals surface area (Å²) in [6.07, 6.45) is 8.39. The van der Waals surface area contributed by atoms with Crippen LogP contribution in [0.4, 0.5) is 5.82 Å². The van der Waals surface area contributed by atoms with E-state index < -0.39 is 21.8 Å². The van der Waals surface area contributed by atoms with E-state index in [-0.39, 0.29) is 34.2 Å². The Labute approximate surface area is 209 Å². The number of hydrogen-bond acceptors (Lipinski definition) is 8. The number of aryl methyl sites for hydroxylation is 1. The maximum absolute atomic E-state index is 13.5. The van der Waals surface area contributed by atoms with Gasteiger partial charge in [-0.25, -0.2) is 18.4 Å². The Morgan fingerprint density at radius 1 is 1.11 bits per heavy atom. The second-order valence-electron chi connectivity index (χ2n) is 9.94. The van der Waals surface area contributed by atoms with Crippen LogP contribution in [-0.4, -0.2) is 71.3 Å². The molecule has 2 N–H and O–H groups in total. The summed E-state index contributed by atoms with van der Waals surface area (Å²) in [5, 5.41) is 6.40. The molecule has 0 spiro atoms. The topological polar surface area (TPSA) is 121 Å². The van der Waals surface area contributed by atoms with Crippen molar-refractivity contribution in [3.05, 3.63) is 28.5 Å². The number of carbonyl (C=O) groups is 2. The lowest BCUT2D eigenvalue weighted by atomic mass is 10.1. The molecule has 1 atom stereocenters. The molecule has 0 radical (unpaired) electrons. The van der Waals surface area contributed by atoms with Gasteiger partial charge in [0, 0.05) is 30.4 Å². The predicted octanol–water partition coefficient (Wildman–Crippen LogP) is 3.02. The number of nitrogens with one attached hydrogen (secondary N) is 2. The van der Waals surface area contributed by atoms with Gasteiger partial charge in [-0.15, -0.1) is 11.3 Å². The molecule has 2 amide bonds. The molecular weight excluding hydrogens is 486 g/mol. The van der Waals surface area contributed by atoms with Crippen molar-refractivity contribution in [3.8, 4) is 10.4 Å². The highest BCUT2D eigenvalue weighted by Crippen LogP contribution is 2.35. The summed E-state index contributed by atoms with van der Waals surface area (Å²) in [6.45, 7) is 4.67. The van der Waals surface area contributed by atoms with Crippen molar-refractivity contribution in [1.29, 1.82) is 0 Å². The Balaban J connectivity index is 1.45. The average Bonchev–Trinajstić information content (AvgIpc) is 3.53. The van der Waals surface area contributed by atoms with Gasteiger partial charge in [0.1, 0.15) is 11.5 Å². The van der Waals surface area contributed by atoms with Crippen LogP contribution in [0.25, 0.3) is 10.4 Å². The molecule has 2 aromatic rings. The number of anilines is 1. The molecule has 35 heavy (non-hydrogen) atoms. The van der Waals surface area contributed by atoms with Crippen LogP contribution in [0.1, 0.15) is 71.3 Å². The van der Waals surface area contributed by atoms with E-state index in [4.69, 9.17) is 0 Å². The quantitative estimate of drug-likeness (QED) is 0.604. The fraction of sp³-hybridized carbons (Fsp3) is 0.583. The predicted molar refractivity (Wildman–Crippen MR) is 136 cm³/mol. The van der Waals surface area contributed by atoms with Gasteiger partial charge in [0.05, 0.1) is 22.4 Å². The van der Waals surface area contributed by atoms with Crippen molar-refractivity contribution in [3.63, 3.8) is 0 Å². The maximum atomic E-state index is 13.5. The monoisotopic (exact) mass is 517 g/mol. The van der Waals surface area contributed by atoms with Crippen molar-refractivity contribution in [2.24, 2.45) is 0 Å². The number of thiazole rings is 1. The molecule has 188 valence electrons. The standard InChI is InChI=1S/C24H31N5O4S2/c1-14-10-19(26-16-7-3-4-8-16)25-11-18(14)21-20(24(31)29-9-5-6-15(29)2)28-23(34-21)22(30)27-17-12-35(32,33)13-17/h10-11,15-17H,3-9,12-13H2,1-2H3,(H,25,26)(H,27,30)/t15-/m0/s1. The first-order chi connectivity index (χ1) is 16.7. The molecule has 5 rings (SSSR count). The highest BCUT2D eigenvalue weighted by molar-refractivity contribution is 7.92. The van der Waals surface area contributed by atoms with Crippen LogP contribution in [0.15, 0.2) is 12.3 Å². The van der Waals surface area contributed by atoms with E-state index in [1.165, 1.54) is 12.8 Å². The van der Waals surface area contributed by atoms with Crippen molar-refractivity contribution in [2.45, 2.75) is 70.5 Å². The highest BCUT2D eigenvalue weighted by atomic mass is 32.2.